The minimum absolute atomic E-state index is 0.0756. The molecule has 0 fully saturated rings. The number of rotatable bonds is 6. The van der Waals surface area contributed by atoms with Crippen LogP contribution in [0, 0.1) is 0 Å². The van der Waals surface area contributed by atoms with Crippen molar-refractivity contribution >= 4 is 38.6 Å². The normalized spacial score (nSPS) is 12.8. The van der Waals surface area contributed by atoms with E-state index < -0.39 is 0 Å². The fraction of sp³-hybridized carbons (Fsp3) is 0.0566. The molecule has 10 rings (SSSR count). The van der Waals surface area contributed by atoms with Gasteiger partial charge >= 0.3 is 0 Å². The molecule has 1 aliphatic carbocycles. The second-order valence-electron chi connectivity index (χ2n) is 15.0. The Labute approximate surface area is 317 Å². The Hall–Kier alpha value is -6.70. The molecule has 0 spiro atoms. The van der Waals surface area contributed by atoms with E-state index in [4.69, 9.17) is 0 Å². The summed E-state index contributed by atoms with van der Waals surface area (Å²) in [7, 11) is 0. The van der Waals surface area contributed by atoms with Gasteiger partial charge in [-0.25, -0.2) is 0 Å². The molecule has 1 nitrogen and oxygen atoms in total. The van der Waals surface area contributed by atoms with Crippen LogP contribution in [-0.2, 0) is 5.41 Å². The lowest BCUT2D eigenvalue weighted by Gasteiger charge is -2.29. The maximum Gasteiger partial charge on any atom is 0.0540 e. The molecule has 0 radical (unpaired) electrons. The predicted molar refractivity (Wildman–Crippen MR) is 230 cm³/mol. The van der Waals surface area contributed by atoms with E-state index in [0.29, 0.717) is 0 Å². The zero-order valence-electron chi connectivity index (χ0n) is 30.5. The third-order valence-electron chi connectivity index (χ3n) is 11.5. The monoisotopic (exact) mass is 689 g/mol. The Morgan fingerprint density at radius 1 is 0.333 bits per heavy atom. The maximum absolute atomic E-state index is 2.43. The first-order chi connectivity index (χ1) is 26.5. The van der Waals surface area contributed by atoms with E-state index in [1.165, 1.54) is 77.2 Å². The average Bonchev–Trinajstić information content (AvgIpc) is 3.47. The Balaban J connectivity index is 1.12. The van der Waals surface area contributed by atoms with Gasteiger partial charge in [-0.3, -0.25) is 0 Å². The van der Waals surface area contributed by atoms with Crippen molar-refractivity contribution in [3.63, 3.8) is 0 Å². The third kappa shape index (κ3) is 5.32. The fourth-order valence-electron chi connectivity index (χ4n) is 8.65. The summed E-state index contributed by atoms with van der Waals surface area (Å²) in [6.45, 7) is 4.71. The number of hydrogen-bond donors (Lipinski definition) is 0. The Kier molecular flexibility index (Phi) is 7.56. The molecule has 0 atom stereocenters. The lowest BCUT2D eigenvalue weighted by molar-refractivity contribution is 0.660. The Morgan fingerprint density at radius 2 is 0.778 bits per heavy atom. The molecule has 54 heavy (non-hydrogen) atoms. The summed E-state index contributed by atoms with van der Waals surface area (Å²) in [5.41, 5.74) is 16.0. The highest BCUT2D eigenvalue weighted by molar-refractivity contribution is 5.98. The summed E-state index contributed by atoms with van der Waals surface area (Å²) in [4.78, 5) is 2.43. The second-order valence-corrected chi connectivity index (χ2v) is 15.0. The smallest absolute Gasteiger partial charge is 0.0540 e. The largest absolute Gasteiger partial charge is 0.310 e. The molecule has 1 aliphatic rings. The van der Waals surface area contributed by atoms with E-state index in [-0.39, 0.29) is 5.41 Å². The van der Waals surface area contributed by atoms with Crippen molar-refractivity contribution < 1.29 is 0 Å². The quantitative estimate of drug-likeness (QED) is 0.168. The van der Waals surface area contributed by atoms with Crippen LogP contribution in [0.1, 0.15) is 25.0 Å². The Morgan fingerprint density at radius 3 is 1.37 bits per heavy atom. The summed E-state index contributed by atoms with van der Waals surface area (Å²) < 4.78 is 0. The van der Waals surface area contributed by atoms with Crippen molar-refractivity contribution in [3.8, 4) is 44.5 Å². The van der Waals surface area contributed by atoms with Crippen LogP contribution >= 0.6 is 0 Å². The lowest BCUT2D eigenvalue weighted by atomic mass is 9.82. The topological polar surface area (TPSA) is 3.24 Å². The van der Waals surface area contributed by atoms with Gasteiger partial charge in [0.25, 0.3) is 0 Å². The SMILES string of the molecule is CC1(C)c2ccccc2-c2c(-c3ccccc3N(c3ccc(-c4ccc5ccccc5c4)cc3)c3ccc(-c4ccc5ccccc5c4)cc3)cccc21. The van der Waals surface area contributed by atoms with Crippen molar-refractivity contribution in [2.24, 2.45) is 0 Å². The van der Waals surface area contributed by atoms with E-state index in [1.54, 1.807) is 0 Å². The van der Waals surface area contributed by atoms with Gasteiger partial charge in [0.1, 0.15) is 0 Å². The maximum atomic E-state index is 2.43. The summed E-state index contributed by atoms with van der Waals surface area (Å²) in [5.74, 6) is 0. The van der Waals surface area contributed by atoms with Crippen molar-refractivity contribution in [1.82, 2.24) is 0 Å². The van der Waals surface area contributed by atoms with Crippen LogP contribution in [0.25, 0.3) is 66.1 Å². The van der Waals surface area contributed by atoms with E-state index >= 15 is 0 Å². The first-order valence-electron chi connectivity index (χ1n) is 18.8. The van der Waals surface area contributed by atoms with Gasteiger partial charge in [-0.1, -0.05) is 172 Å². The minimum Gasteiger partial charge on any atom is -0.310 e. The summed E-state index contributed by atoms with van der Waals surface area (Å²) in [6, 6.07) is 73.4. The van der Waals surface area contributed by atoms with Crippen LogP contribution in [0.3, 0.4) is 0 Å². The third-order valence-corrected chi connectivity index (χ3v) is 11.5. The van der Waals surface area contributed by atoms with Gasteiger partial charge in [0.2, 0.25) is 0 Å². The molecule has 0 bridgehead atoms. The van der Waals surface area contributed by atoms with Gasteiger partial charge < -0.3 is 4.90 Å². The molecule has 0 amide bonds. The van der Waals surface area contributed by atoms with E-state index in [0.717, 1.165) is 17.1 Å². The Bertz CT molecular complexity index is 2720. The van der Waals surface area contributed by atoms with Crippen molar-refractivity contribution in [2.75, 3.05) is 4.90 Å². The van der Waals surface area contributed by atoms with Crippen LogP contribution in [0.2, 0.25) is 0 Å². The zero-order valence-corrected chi connectivity index (χ0v) is 30.5. The first-order valence-corrected chi connectivity index (χ1v) is 18.8. The van der Waals surface area contributed by atoms with Gasteiger partial charge in [-0.2, -0.15) is 0 Å². The fourth-order valence-corrected chi connectivity index (χ4v) is 8.65. The molecule has 0 heterocycles. The zero-order chi connectivity index (χ0) is 36.2. The molecule has 1 heteroatoms. The van der Waals surface area contributed by atoms with Gasteiger partial charge in [-0.05, 0) is 114 Å². The summed E-state index contributed by atoms with van der Waals surface area (Å²) >= 11 is 0. The van der Waals surface area contributed by atoms with Crippen LogP contribution in [0.5, 0.6) is 0 Å². The van der Waals surface area contributed by atoms with Crippen molar-refractivity contribution in [1.29, 1.82) is 0 Å². The number of nitrogens with zero attached hydrogens (tertiary/aromatic N) is 1. The number of fused-ring (bicyclic) bond motifs is 5. The minimum atomic E-state index is -0.0756. The van der Waals surface area contributed by atoms with Crippen LogP contribution in [0.15, 0.2) is 200 Å². The number of hydrogen-bond acceptors (Lipinski definition) is 1. The first kappa shape index (κ1) is 32.0. The second kappa shape index (κ2) is 12.8. The van der Waals surface area contributed by atoms with Crippen LogP contribution < -0.4 is 4.90 Å². The highest BCUT2D eigenvalue weighted by Gasteiger charge is 2.37. The molecule has 0 saturated carbocycles. The highest BCUT2D eigenvalue weighted by atomic mass is 15.1. The van der Waals surface area contributed by atoms with Gasteiger partial charge in [0.15, 0.2) is 0 Å². The van der Waals surface area contributed by atoms with Crippen LogP contribution in [-0.4, -0.2) is 0 Å². The lowest BCUT2D eigenvalue weighted by Crippen LogP contribution is -2.14. The molecule has 0 saturated heterocycles. The average molecular weight is 690 g/mol. The molecule has 0 unspecified atom stereocenters. The number of anilines is 3. The van der Waals surface area contributed by atoms with E-state index in [2.05, 4.69) is 219 Å². The van der Waals surface area contributed by atoms with Crippen LogP contribution in [0.4, 0.5) is 17.1 Å². The van der Waals surface area contributed by atoms with E-state index in [9.17, 15) is 0 Å². The molecule has 256 valence electrons. The van der Waals surface area contributed by atoms with Crippen molar-refractivity contribution in [2.45, 2.75) is 19.3 Å². The van der Waals surface area contributed by atoms with E-state index in [1.807, 2.05) is 0 Å². The number of benzene rings is 9. The summed E-state index contributed by atoms with van der Waals surface area (Å²) in [6.07, 6.45) is 0. The molecule has 0 N–H and O–H groups in total. The predicted octanol–water partition coefficient (Wildman–Crippen LogP) is 14.8. The molecule has 0 aromatic heterocycles. The van der Waals surface area contributed by atoms with Gasteiger partial charge in [-0.15, -0.1) is 0 Å². The van der Waals surface area contributed by atoms with Gasteiger partial charge in [0, 0.05) is 22.4 Å². The molecule has 9 aromatic rings. The molecular formula is C53H39N. The number of para-hydroxylation sites is 1. The molecule has 9 aromatic carbocycles. The molecule has 0 aliphatic heterocycles. The van der Waals surface area contributed by atoms with Gasteiger partial charge in [0.05, 0.1) is 5.69 Å². The van der Waals surface area contributed by atoms with Crippen molar-refractivity contribution in [3.05, 3.63) is 211 Å². The summed E-state index contributed by atoms with van der Waals surface area (Å²) in [5, 5.41) is 5.01. The molecular weight excluding hydrogens is 651 g/mol. The standard InChI is InChI=1S/C53H39N/c1-53(2)49-19-9-7-17-48(49)52-47(18-11-20-50(52)53)46-16-8-10-21-51(46)54(44-30-26-38(27-31-44)42-24-22-36-12-3-5-14-40(36)34-42)45-32-28-39(29-33-45)43-25-23-37-13-4-6-15-41(37)35-43/h3-35H,1-2H3. The highest BCUT2D eigenvalue weighted by Crippen LogP contribution is 2.53.